The summed E-state index contributed by atoms with van der Waals surface area (Å²) >= 11 is 1.20. The van der Waals surface area contributed by atoms with Crippen LogP contribution < -0.4 is 0 Å². The largest absolute Gasteiger partial charge is 0.249 e. The van der Waals surface area contributed by atoms with Gasteiger partial charge in [0.2, 0.25) is 0 Å². The Morgan fingerprint density at radius 2 is 2.20 bits per heavy atom. The van der Waals surface area contributed by atoms with Crippen LogP contribution in [0.2, 0.25) is 0 Å². The van der Waals surface area contributed by atoms with E-state index in [1.54, 1.807) is 6.92 Å². The second-order valence-electron chi connectivity index (χ2n) is 1.97. The predicted molar refractivity (Wildman–Crippen MR) is 40.0 cm³/mol. The highest BCUT2D eigenvalue weighted by Gasteiger charge is 2.09. The first-order valence-electron chi connectivity index (χ1n) is 2.62. The Balaban J connectivity index is 3.21. The number of aryl methyl sites for hydroxylation is 1. The maximum absolute atomic E-state index is 10.8. The summed E-state index contributed by atoms with van der Waals surface area (Å²) in [6, 6.07) is 0. The van der Waals surface area contributed by atoms with Crippen molar-refractivity contribution in [3.05, 3.63) is 11.2 Å². The third-order valence-corrected chi connectivity index (χ3v) is 3.67. The van der Waals surface area contributed by atoms with E-state index in [0.29, 0.717) is 4.21 Å². The minimum absolute atomic E-state index is 0.338. The molecule has 0 amide bonds. The summed E-state index contributed by atoms with van der Waals surface area (Å²) in [5.41, 5.74) is 0. The van der Waals surface area contributed by atoms with Crippen molar-refractivity contribution in [1.82, 2.24) is 4.98 Å². The normalized spacial score (nSPS) is 11.8. The van der Waals surface area contributed by atoms with Crippen LogP contribution in [0, 0.1) is 6.92 Å². The van der Waals surface area contributed by atoms with Gasteiger partial charge in [0.15, 0.2) is 9.84 Å². The summed E-state index contributed by atoms with van der Waals surface area (Å²) in [5, 5.41) is 0.778. The van der Waals surface area contributed by atoms with Crippen LogP contribution in [0.5, 0.6) is 0 Å². The van der Waals surface area contributed by atoms with Crippen molar-refractivity contribution >= 4 is 21.2 Å². The molecule has 0 aliphatic rings. The van der Waals surface area contributed by atoms with Gasteiger partial charge in [-0.15, -0.1) is 11.3 Å². The number of sulfone groups is 1. The second kappa shape index (κ2) is 2.32. The Morgan fingerprint density at radius 3 is 2.40 bits per heavy atom. The maximum Gasteiger partial charge on any atom is 0.186 e. The van der Waals surface area contributed by atoms with E-state index in [2.05, 4.69) is 4.98 Å². The third kappa shape index (κ3) is 1.54. The van der Waals surface area contributed by atoms with Gasteiger partial charge in [0, 0.05) is 6.26 Å². The average Bonchev–Trinajstić information content (AvgIpc) is 2.11. The molecule has 5 heteroatoms. The number of hydrogen-bond acceptors (Lipinski definition) is 4. The van der Waals surface area contributed by atoms with Crippen molar-refractivity contribution in [2.75, 3.05) is 6.26 Å². The molecule has 0 saturated carbocycles. The Labute approximate surface area is 63.6 Å². The molecule has 56 valence electrons. The monoisotopic (exact) mass is 177 g/mol. The fraction of sp³-hybridized carbons (Fsp3) is 0.400. The molecular weight excluding hydrogens is 170 g/mol. The zero-order chi connectivity index (χ0) is 7.78. The van der Waals surface area contributed by atoms with E-state index in [9.17, 15) is 8.42 Å². The van der Waals surface area contributed by atoms with E-state index in [-0.39, 0.29) is 0 Å². The van der Waals surface area contributed by atoms with Crippen LogP contribution in [0.4, 0.5) is 0 Å². The molecule has 1 aromatic rings. The number of hydrogen-bond donors (Lipinski definition) is 0. The molecule has 0 spiro atoms. The van der Waals surface area contributed by atoms with E-state index in [0.717, 1.165) is 5.01 Å². The quantitative estimate of drug-likeness (QED) is 0.639. The Bertz CT molecular complexity index is 325. The van der Waals surface area contributed by atoms with Crippen molar-refractivity contribution in [3.8, 4) is 0 Å². The zero-order valence-corrected chi connectivity index (χ0v) is 7.29. The number of aromatic nitrogens is 1. The van der Waals surface area contributed by atoms with E-state index < -0.39 is 9.84 Å². The summed E-state index contributed by atoms with van der Waals surface area (Å²) < 4.78 is 22.0. The van der Waals surface area contributed by atoms with Crippen LogP contribution in [0.15, 0.2) is 10.4 Å². The smallest absolute Gasteiger partial charge is 0.186 e. The minimum Gasteiger partial charge on any atom is -0.249 e. The van der Waals surface area contributed by atoms with Crippen LogP contribution in [0.25, 0.3) is 0 Å². The van der Waals surface area contributed by atoms with Gasteiger partial charge in [-0.2, -0.15) is 0 Å². The molecule has 0 aliphatic carbocycles. The summed E-state index contributed by atoms with van der Waals surface area (Å²) in [7, 11) is -3.03. The molecule has 0 radical (unpaired) electrons. The SMILES string of the molecule is Cc1ncc(S(C)(=O)=O)s1. The predicted octanol–water partition coefficient (Wildman–Crippen LogP) is 0.855. The molecule has 0 fully saturated rings. The van der Waals surface area contributed by atoms with Crippen LogP contribution in [-0.4, -0.2) is 19.7 Å². The molecule has 0 N–H and O–H groups in total. The molecular formula is C5H7NO2S2. The van der Waals surface area contributed by atoms with Crippen molar-refractivity contribution < 1.29 is 8.42 Å². The van der Waals surface area contributed by atoms with Gasteiger partial charge in [-0.1, -0.05) is 0 Å². The second-order valence-corrected chi connectivity index (χ2v) is 5.45. The Hall–Kier alpha value is -0.420. The molecule has 3 nitrogen and oxygen atoms in total. The van der Waals surface area contributed by atoms with E-state index >= 15 is 0 Å². The van der Waals surface area contributed by atoms with Gasteiger partial charge in [0.05, 0.1) is 11.2 Å². The number of rotatable bonds is 1. The van der Waals surface area contributed by atoms with Gasteiger partial charge >= 0.3 is 0 Å². The highest BCUT2D eigenvalue weighted by Crippen LogP contribution is 2.16. The van der Waals surface area contributed by atoms with Gasteiger partial charge in [-0.3, -0.25) is 0 Å². The van der Waals surface area contributed by atoms with Crippen molar-refractivity contribution in [3.63, 3.8) is 0 Å². The summed E-state index contributed by atoms with van der Waals surface area (Å²) in [4.78, 5) is 3.82. The van der Waals surface area contributed by atoms with Crippen LogP contribution in [-0.2, 0) is 9.84 Å². The first-order chi connectivity index (χ1) is 4.50. The Kier molecular flexibility index (Phi) is 1.78. The van der Waals surface area contributed by atoms with Crippen LogP contribution in [0.3, 0.4) is 0 Å². The minimum atomic E-state index is -3.03. The lowest BCUT2D eigenvalue weighted by molar-refractivity contribution is 0.603. The van der Waals surface area contributed by atoms with Crippen molar-refractivity contribution in [1.29, 1.82) is 0 Å². The zero-order valence-electron chi connectivity index (χ0n) is 5.66. The first kappa shape index (κ1) is 7.68. The average molecular weight is 177 g/mol. The van der Waals surface area contributed by atoms with E-state index in [4.69, 9.17) is 0 Å². The molecule has 1 aromatic heterocycles. The van der Waals surface area contributed by atoms with Gasteiger partial charge in [-0.05, 0) is 6.92 Å². The summed E-state index contributed by atoms with van der Waals surface area (Å²) in [5.74, 6) is 0. The topological polar surface area (TPSA) is 47.0 Å². The molecule has 0 unspecified atom stereocenters. The lowest BCUT2D eigenvalue weighted by Crippen LogP contribution is -1.91. The van der Waals surface area contributed by atoms with Crippen molar-refractivity contribution in [2.45, 2.75) is 11.1 Å². The third-order valence-electron chi connectivity index (χ3n) is 0.966. The Morgan fingerprint density at radius 1 is 1.60 bits per heavy atom. The van der Waals surface area contributed by atoms with Crippen LogP contribution >= 0.6 is 11.3 Å². The van der Waals surface area contributed by atoms with Gasteiger partial charge in [0.25, 0.3) is 0 Å². The maximum atomic E-state index is 10.8. The van der Waals surface area contributed by atoms with E-state index in [1.165, 1.54) is 23.8 Å². The van der Waals surface area contributed by atoms with Crippen molar-refractivity contribution in [2.24, 2.45) is 0 Å². The summed E-state index contributed by atoms with van der Waals surface area (Å²) in [6.07, 6.45) is 2.56. The van der Waals surface area contributed by atoms with Gasteiger partial charge < -0.3 is 0 Å². The molecule has 1 rings (SSSR count). The fourth-order valence-electron chi connectivity index (χ4n) is 0.513. The lowest BCUT2D eigenvalue weighted by Gasteiger charge is -1.85. The number of nitrogens with zero attached hydrogens (tertiary/aromatic N) is 1. The molecule has 0 saturated heterocycles. The highest BCUT2D eigenvalue weighted by atomic mass is 32.2. The first-order valence-corrected chi connectivity index (χ1v) is 5.33. The highest BCUT2D eigenvalue weighted by molar-refractivity contribution is 7.92. The molecule has 1 heterocycles. The number of thiazole rings is 1. The van der Waals surface area contributed by atoms with Crippen LogP contribution in [0.1, 0.15) is 5.01 Å². The fourth-order valence-corrected chi connectivity index (χ4v) is 2.23. The van der Waals surface area contributed by atoms with Gasteiger partial charge in [0.1, 0.15) is 4.21 Å². The standard InChI is InChI=1S/C5H7NO2S2/c1-4-6-3-5(9-4)10(2,7)8/h3H,1-2H3. The molecule has 10 heavy (non-hydrogen) atoms. The summed E-state index contributed by atoms with van der Waals surface area (Å²) in [6.45, 7) is 1.78. The molecule has 0 aliphatic heterocycles. The lowest BCUT2D eigenvalue weighted by atomic mass is 10.8. The molecule has 0 atom stereocenters. The van der Waals surface area contributed by atoms with Gasteiger partial charge in [-0.25, -0.2) is 13.4 Å². The molecule has 0 bridgehead atoms. The molecule has 0 aromatic carbocycles. The van der Waals surface area contributed by atoms with E-state index in [1.807, 2.05) is 0 Å².